The number of benzene rings is 3. The average Bonchev–Trinajstić information content (AvgIpc) is 2.72. The molecule has 2 N–H and O–H groups in total. The largest absolute Gasteiger partial charge is 0.427 e. The molecular formula is C23H19FN2O4. The Hall–Kier alpha value is -4.00. The van der Waals surface area contributed by atoms with E-state index in [-0.39, 0.29) is 23.8 Å². The van der Waals surface area contributed by atoms with Gasteiger partial charge in [-0.2, -0.15) is 0 Å². The lowest BCUT2D eigenvalue weighted by molar-refractivity contribution is -0.131. The van der Waals surface area contributed by atoms with Gasteiger partial charge in [0.15, 0.2) is 0 Å². The molecule has 0 aliphatic heterocycles. The number of amides is 2. The number of anilines is 1. The Balaban J connectivity index is 1.64. The number of esters is 1. The molecule has 0 radical (unpaired) electrons. The predicted molar refractivity (Wildman–Crippen MR) is 110 cm³/mol. The number of halogens is 1. The van der Waals surface area contributed by atoms with E-state index < -0.39 is 17.7 Å². The molecular weight excluding hydrogens is 387 g/mol. The highest BCUT2D eigenvalue weighted by atomic mass is 19.1. The lowest BCUT2D eigenvalue weighted by atomic mass is 10.1. The summed E-state index contributed by atoms with van der Waals surface area (Å²) in [6.07, 6.45) is 0. The molecule has 0 aliphatic rings. The van der Waals surface area contributed by atoms with E-state index in [1.165, 1.54) is 31.2 Å². The van der Waals surface area contributed by atoms with Crippen molar-refractivity contribution in [1.82, 2.24) is 5.32 Å². The third-order valence-electron chi connectivity index (χ3n) is 4.11. The number of carbonyl (C=O) groups is 3. The molecule has 2 amide bonds. The van der Waals surface area contributed by atoms with Gasteiger partial charge in [-0.3, -0.25) is 14.4 Å². The minimum Gasteiger partial charge on any atom is -0.427 e. The molecule has 152 valence electrons. The highest BCUT2D eigenvalue weighted by Crippen LogP contribution is 2.17. The first-order chi connectivity index (χ1) is 14.4. The number of ether oxygens (including phenoxy) is 1. The molecule has 0 bridgehead atoms. The lowest BCUT2D eigenvalue weighted by Gasteiger charge is -2.10. The fraction of sp³-hybridized carbons (Fsp3) is 0.0870. The van der Waals surface area contributed by atoms with E-state index in [1.807, 2.05) is 0 Å². The fourth-order valence-electron chi connectivity index (χ4n) is 2.75. The van der Waals surface area contributed by atoms with Crippen molar-refractivity contribution in [3.8, 4) is 5.75 Å². The topological polar surface area (TPSA) is 84.5 Å². The van der Waals surface area contributed by atoms with Crippen molar-refractivity contribution < 1.29 is 23.5 Å². The van der Waals surface area contributed by atoms with E-state index in [0.29, 0.717) is 11.3 Å². The second-order valence-electron chi connectivity index (χ2n) is 6.44. The van der Waals surface area contributed by atoms with E-state index in [9.17, 15) is 18.8 Å². The molecule has 0 unspecified atom stereocenters. The molecule has 3 aromatic carbocycles. The number of hydrogen-bond donors (Lipinski definition) is 2. The molecule has 0 saturated heterocycles. The van der Waals surface area contributed by atoms with Gasteiger partial charge in [0.05, 0.1) is 5.56 Å². The summed E-state index contributed by atoms with van der Waals surface area (Å²) in [6.45, 7) is 1.45. The fourth-order valence-corrected chi connectivity index (χ4v) is 2.75. The molecule has 3 aromatic rings. The Morgan fingerprint density at radius 3 is 2.43 bits per heavy atom. The van der Waals surface area contributed by atoms with Crippen LogP contribution < -0.4 is 15.4 Å². The normalized spacial score (nSPS) is 10.2. The molecule has 0 aromatic heterocycles. The van der Waals surface area contributed by atoms with Crippen LogP contribution in [0.1, 0.15) is 33.2 Å². The van der Waals surface area contributed by atoms with E-state index >= 15 is 0 Å². The Labute approximate surface area is 172 Å². The van der Waals surface area contributed by atoms with Crippen molar-refractivity contribution in [3.63, 3.8) is 0 Å². The number of hydrogen-bond acceptors (Lipinski definition) is 4. The van der Waals surface area contributed by atoms with Crippen LogP contribution in [0.15, 0.2) is 72.8 Å². The van der Waals surface area contributed by atoms with Crippen LogP contribution in [0.2, 0.25) is 0 Å². The van der Waals surface area contributed by atoms with Gasteiger partial charge in [0.25, 0.3) is 11.8 Å². The second kappa shape index (κ2) is 9.47. The van der Waals surface area contributed by atoms with Crippen LogP contribution in [-0.2, 0) is 11.3 Å². The molecule has 0 spiro atoms. The Morgan fingerprint density at radius 1 is 0.900 bits per heavy atom. The first kappa shape index (κ1) is 20.7. The van der Waals surface area contributed by atoms with Crippen molar-refractivity contribution in [2.75, 3.05) is 5.32 Å². The SMILES string of the molecule is CC(=O)Oc1cccc(C(=O)Nc2cccc(CNC(=O)c3ccccc3F)c2)c1. The summed E-state index contributed by atoms with van der Waals surface area (Å²) in [6, 6.07) is 18.9. The number of rotatable bonds is 6. The Morgan fingerprint density at radius 2 is 1.67 bits per heavy atom. The van der Waals surface area contributed by atoms with Gasteiger partial charge in [0.1, 0.15) is 11.6 Å². The third kappa shape index (κ3) is 5.51. The maximum atomic E-state index is 13.7. The van der Waals surface area contributed by atoms with Crippen LogP contribution >= 0.6 is 0 Å². The summed E-state index contributed by atoms with van der Waals surface area (Å²) in [4.78, 5) is 35.7. The van der Waals surface area contributed by atoms with Crippen LogP contribution in [0.25, 0.3) is 0 Å². The van der Waals surface area contributed by atoms with Gasteiger partial charge >= 0.3 is 5.97 Å². The standard InChI is InChI=1S/C23H19FN2O4/c1-15(27)30-19-9-5-7-17(13-19)22(28)26-18-8-4-6-16(12-18)14-25-23(29)20-10-2-3-11-21(20)24/h2-13H,14H2,1H3,(H,25,29)(H,26,28). The zero-order valence-electron chi connectivity index (χ0n) is 16.1. The smallest absolute Gasteiger partial charge is 0.308 e. The van der Waals surface area contributed by atoms with Crippen molar-refractivity contribution in [1.29, 1.82) is 0 Å². The second-order valence-corrected chi connectivity index (χ2v) is 6.44. The molecule has 0 aliphatic carbocycles. The highest BCUT2D eigenvalue weighted by Gasteiger charge is 2.11. The summed E-state index contributed by atoms with van der Waals surface area (Å²) in [5, 5.41) is 5.41. The van der Waals surface area contributed by atoms with Gasteiger partial charge in [0, 0.05) is 24.7 Å². The van der Waals surface area contributed by atoms with Crippen molar-refractivity contribution >= 4 is 23.5 Å². The van der Waals surface area contributed by atoms with Gasteiger partial charge < -0.3 is 15.4 Å². The number of nitrogens with one attached hydrogen (secondary N) is 2. The van der Waals surface area contributed by atoms with Crippen LogP contribution in [0, 0.1) is 5.82 Å². The molecule has 0 saturated carbocycles. The van der Waals surface area contributed by atoms with Gasteiger partial charge in [0.2, 0.25) is 0 Å². The van der Waals surface area contributed by atoms with E-state index in [0.717, 1.165) is 5.56 Å². The Bertz CT molecular complexity index is 1100. The first-order valence-corrected chi connectivity index (χ1v) is 9.14. The van der Waals surface area contributed by atoms with Gasteiger partial charge in [-0.1, -0.05) is 30.3 Å². The van der Waals surface area contributed by atoms with Crippen LogP contribution in [0.5, 0.6) is 5.75 Å². The van der Waals surface area contributed by atoms with Crippen LogP contribution in [-0.4, -0.2) is 17.8 Å². The summed E-state index contributed by atoms with van der Waals surface area (Å²) in [5.41, 5.74) is 1.54. The lowest BCUT2D eigenvalue weighted by Crippen LogP contribution is -2.23. The zero-order chi connectivity index (χ0) is 21.5. The molecule has 3 rings (SSSR count). The average molecular weight is 406 g/mol. The summed E-state index contributed by atoms with van der Waals surface area (Å²) in [5.74, 6) is -1.69. The molecule has 7 heteroatoms. The van der Waals surface area contributed by atoms with Crippen LogP contribution in [0.3, 0.4) is 0 Å². The van der Waals surface area contributed by atoms with Crippen molar-refractivity contribution in [2.45, 2.75) is 13.5 Å². The maximum Gasteiger partial charge on any atom is 0.308 e. The van der Waals surface area contributed by atoms with E-state index in [1.54, 1.807) is 48.5 Å². The first-order valence-electron chi connectivity index (χ1n) is 9.14. The van der Waals surface area contributed by atoms with Gasteiger partial charge in [-0.05, 0) is 48.0 Å². The predicted octanol–water partition coefficient (Wildman–Crippen LogP) is 3.93. The minimum absolute atomic E-state index is 0.0328. The van der Waals surface area contributed by atoms with Gasteiger partial charge in [-0.25, -0.2) is 4.39 Å². The molecule has 30 heavy (non-hydrogen) atoms. The van der Waals surface area contributed by atoms with Crippen LogP contribution in [0.4, 0.5) is 10.1 Å². The van der Waals surface area contributed by atoms with Crippen molar-refractivity contribution in [2.24, 2.45) is 0 Å². The molecule has 6 nitrogen and oxygen atoms in total. The quantitative estimate of drug-likeness (QED) is 0.480. The highest BCUT2D eigenvalue weighted by molar-refractivity contribution is 6.04. The monoisotopic (exact) mass is 406 g/mol. The summed E-state index contributed by atoms with van der Waals surface area (Å²) in [7, 11) is 0. The van der Waals surface area contributed by atoms with E-state index in [2.05, 4.69) is 10.6 Å². The van der Waals surface area contributed by atoms with E-state index in [4.69, 9.17) is 4.74 Å². The molecule has 0 atom stereocenters. The molecule has 0 heterocycles. The maximum absolute atomic E-state index is 13.7. The zero-order valence-corrected chi connectivity index (χ0v) is 16.1. The third-order valence-corrected chi connectivity index (χ3v) is 4.11. The van der Waals surface area contributed by atoms with Gasteiger partial charge in [-0.15, -0.1) is 0 Å². The number of carbonyl (C=O) groups excluding carboxylic acids is 3. The minimum atomic E-state index is -0.591. The summed E-state index contributed by atoms with van der Waals surface area (Å²) < 4.78 is 18.7. The summed E-state index contributed by atoms with van der Waals surface area (Å²) >= 11 is 0. The van der Waals surface area contributed by atoms with Crippen molar-refractivity contribution in [3.05, 3.63) is 95.3 Å². The Kier molecular flexibility index (Phi) is 6.54. The molecule has 0 fully saturated rings.